The number of nitrogens with one attached hydrogen (secondary N) is 2. The van der Waals surface area contributed by atoms with Gasteiger partial charge in [-0.15, -0.1) is 0 Å². The summed E-state index contributed by atoms with van der Waals surface area (Å²) in [6.07, 6.45) is 1.07. The molecule has 2 rings (SSSR count). The maximum atomic E-state index is 11.9. The number of aromatic nitrogens is 2. The number of carbonyl (C=O) groups is 1. The Kier molecular flexibility index (Phi) is 4.57. The smallest absolute Gasteiger partial charge is 0.261 e. The molecule has 1 heterocycles. The number of rotatable bonds is 5. The Morgan fingerprint density at radius 2 is 2.26 bits per heavy atom. The minimum absolute atomic E-state index is 0.176. The van der Waals surface area contributed by atoms with Gasteiger partial charge >= 0.3 is 0 Å². The molecule has 0 aliphatic heterocycles. The minimum Gasteiger partial charge on any atom is -0.480 e. The molecular weight excluding hydrogens is 310 g/mol. The summed E-state index contributed by atoms with van der Waals surface area (Å²) in [5.41, 5.74) is 0.849. The molecule has 1 aromatic heterocycles. The van der Waals surface area contributed by atoms with Crippen molar-refractivity contribution in [2.75, 3.05) is 0 Å². The summed E-state index contributed by atoms with van der Waals surface area (Å²) in [6, 6.07) is 9.22. The third-order valence-corrected chi connectivity index (χ3v) is 3.18. The number of para-hydroxylation sites is 1. The molecule has 0 aliphatic carbocycles. The molecule has 5 nitrogen and oxygen atoms in total. The van der Waals surface area contributed by atoms with Gasteiger partial charge in [-0.2, -0.15) is 5.10 Å². The van der Waals surface area contributed by atoms with Gasteiger partial charge in [0.15, 0.2) is 6.10 Å². The highest BCUT2D eigenvalue weighted by Gasteiger charge is 2.15. The third kappa shape index (κ3) is 3.82. The van der Waals surface area contributed by atoms with E-state index in [1.54, 1.807) is 19.2 Å². The van der Waals surface area contributed by atoms with Gasteiger partial charge in [-0.3, -0.25) is 9.89 Å². The predicted octanol–water partition coefficient (Wildman–Crippen LogP) is 2.26. The van der Waals surface area contributed by atoms with Gasteiger partial charge in [0.1, 0.15) is 5.75 Å². The van der Waals surface area contributed by atoms with Crippen LogP contribution in [0, 0.1) is 0 Å². The second-order valence-corrected chi connectivity index (χ2v) is 4.84. The predicted molar refractivity (Wildman–Crippen MR) is 74.7 cm³/mol. The summed E-state index contributed by atoms with van der Waals surface area (Å²) in [7, 11) is 0. The Hall–Kier alpha value is -1.82. The largest absolute Gasteiger partial charge is 0.480 e. The second-order valence-electron chi connectivity index (χ2n) is 3.99. The third-order valence-electron chi connectivity index (χ3n) is 2.52. The van der Waals surface area contributed by atoms with Crippen molar-refractivity contribution in [3.8, 4) is 5.75 Å². The highest BCUT2D eigenvalue weighted by molar-refractivity contribution is 9.10. The van der Waals surface area contributed by atoms with Crippen molar-refractivity contribution in [1.82, 2.24) is 15.5 Å². The monoisotopic (exact) mass is 323 g/mol. The summed E-state index contributed by atoms with van der Waals surface area (Å²) in [5.74, 6) is 0.469. The molecule has 0 fully saturated rings. The van der Waals surface area contributed by atoms with Gasteiger partial charge in [0.25, 0.3) is 5.91 Å². The van der Waals surface area contributed by atoms with E-state index < -0.39 is 6.10 Å². The van der Waals surface area contributed by atoms with Gasteiger partial charge in [0.05, 0.1) is 16.7 Å². The zero-order valence-corrected chi connectivity index (χ0v) is 12.0. The number of aromatic amines is 1. The normalized spacial score (nSPS) is 11.9. The molecule has 1 unspecified atom stereocenters. The Morgan fingerprint density at radius 3 is 2.95 bits per heavy atom. The number of halogens is 1. The van der Waals surface area contributed by atoms with Crippen LogP contribution in [0.25, 0.3) is 0 Å². The molecule has 0 bridgehead atoms. The fourth-order valence-corrected chi connectivity index (χ4v) is 1.87. The quantitative estimate of drug-likeness (QED) is 0.886. The maximum Gasteiger partial charge on any atom is 0.261 e. The first kappa shape index (κ1) is 13.6. The van der Waals surface area contributed by atoms with Gasteiger partial charge in [-0.05, 0) is 41.1 Å². The Morgan fingerprint density at radius 1 is 1.47 bits per heavy atom. The molecule has 0 saturated heterocycles. The number of benzene rings is 1. The van der Waals surface area contributed by atoms with Gasteiger partial charge in [-0.25, -0.2) is 0 Å². The fraction of sp³-hybridized carbons (Fsp3) is 0.231. The van der Waals surface area contributed by atoms with Gasteiger partial charge < -0.3 is 10.1 Å². The standard InChI is InChI=1S/C13H14BrN3O2/c1-9(19-12-5-3-2-4-11(12)14)13(18)15-8-10-6-7-16-17-10/h2-7,9H,8H2,1H3,(H,15,18)(H,16,17). The van der Waals surface area contributed by atoms with E-state index in [1.807, 2.05) is 24.3 Å². The van der Waals surface area contributed by atoms with Crippen molar-refractivity contribution in [3.63, 3.8) is 0 Å². The van der Waals surface area contributed by atoms with E-state index >= 15 is 0 Å². The number of amides is 1. The lowest BCUT2D eigenvalue weighted by atomic mass is 10.3. The Bertz CT molecular complexity index is 543. The minimum atomic E-state index is -0.568. The van der Waals surface area contributed by atoms with Crippen LogP contribution in [0.2, 0.25) is 0 Å². The molecule has 1 aromatic carbocycles. The van der Waals surface area contributed by atoms with Crippen molar-refractivity contribution in [2.45, 2.75) is 19.6 Å². The number of ether oxygens (including phenoxy) is 1. The zero-order chi connectivity index (χ0) is 13.7. The molecule has 2 aromatic rings. The SMILES string of the molecule is CC(Oc1ccccc1Br)C(=O)NCc1ccn[nH]1. The summed E-state index contributed by atoms with van der Waals surface area (Å²) in [5, 5.41) is 9.36. The van der Waals surface area contributed by atoms with Crippen LogP contribution < -0.4 is 10.1 Å². The van der Waals surface area contributed by atoms with Crippen LogP contribution in [-0.2, 0) is 11.3 Å². The topological polar surface area (TPSA) is 67.0 Å². The molecule has 0 radical (unpaired) electrons. The molecule has 19 heavy (non-hydrogen) atoms. The summed E-state index contributed by atoms with van der Waals surface area (Å²) >= 11 is 3.37. The molecule has 0 saturated carbocycles. The number of carbonyl (C=O) groups excluding carboxylic acids is 1. The molecule has 1 atom stereocenters. The average molecular weight is 324 g/mol. The van der Waals surface area contributed by atoms with Gasteiger partial charge in [0.2, 0.25) is 0 Å². The van der Waals surface area contributed by atoms with Crippen LogP contribution in [0.3, 0.4) is 0 Å². The lowest BCUT2D eigenvalue weighted by molar-refractivity contribution is -0.127. The first-order valence-corrected chi connectivity index (χ1v) is 6.63. The van der Waals surface area contributed by atoms with Crippen LogP contribution in [0.15, 0.2) is 41.0 Å². The number of hydrogen-bond acceptors (Lipinski definition) is 3. The Balaban J connectivity index is 1.87. The van der Waals surface area contributed by atoms with E-state index in [2.05, 4.69) is 31.4 Å². The first-order valence-electron chi connectivity index (χ1n) is 5.84. The van der Waals surface area contributed by atoms with Crippen LogP contribution >= 0.6 is 15.9 Å². The zero-order valence-electron chi connectivity index (χ0n) is 10.4. The average Bonchev–Trinajstić information content (AvgIpc) is 2.91. The molecule has 0 spiro atoms. The summed E-state index contributed by atoms with van der Waals surface area (Å²) in [4.78, 5) is 11.9. The number of hydrogen-bond donors (Lipinski definition) is 2. The van der Waals surface area contributed by atoms with Crippen molar-refractivity contribution < 1.29 is 9.53 Å². The molecule has 6 heteroatoms. The summed E-state index contributed by atoms with van der Waals surface area (Å²) in [6.45, 7) is 2.12. The highest BCUT2D eigenvalue weighted by atomic mass is 79.9. The fourth-order valence-electron chi connectivity index (χ4n) is 1.49. The van der Waals surface area contributed by atoms with E-state index in [4.69, 9.17) is 4.74 Å². The maximum absolute atomic E-state index is 11.9. The second kappa shape index (κ2) is 6.38. The number of nitrogens with zero attached hydrogens (tertiary/aromatic N) is 1. The van der Waals surface area contributed by atoms with E-state index in [1.165, 1.54) is 0 Å². The van der Waals surface area contributed by atoms with E-state index in [0.717, 1.165) is 10.2 Å². The van der Waals surface area contributed by atoms with E-state index in [9.17, 15) is 4.79 Å². The summed E-state index contributed by atoms with van der Waals surface area (Å²) < 4.78 is 6.41. The lowest BCUT2D eigenvalue weighted by Gasteiger charge is -2.15. The van der Waals surface area contributed by atoms with Crippen LogP contribution in [0.1, 0.15) is 12.6 Å². The van der Waals surface area contributed by atoms with E-state index in [-0.39, 0.29) is 5.91 Å². The van der Waals surface area contributed by atoms with Crippen molar-refractivity contribution in [1.29, 1.82) is 0 Å². The van der Waals surface area contributed by atoms with E-state index in [0.29, 0.717) is 12.3 Å². The van der Waals surface area contributed by atoms with Crippen LogP contribution in [0.4, 0.5) is 0 Å². The number of H-pyrrole nitrogens is 1. The molecule has 2 N–H and O–H groups in total. The molecule has 100 valence electrons. The van der Waals surface area contributed by atoms with Gasteiger partial charge in [0, 0.05) is 6.20 Å². The lowest BCUT2D eigenvalue weighted by Crippen LogP contribution is -2.36. The van der Waals surface area contributed by atoms with Crippen molar-refractivity contribution in [2.24, 2.45) is 0 Å². The molecular formula is C13H14BrN3O2. The van der Waals surface area contributed by atoms with Crippen LogP contribution in [-0.4, -0.2) is 22.2 Å². The first-order chi connectivity index (χ1) is 9.16. The molecule has 0 aliphatic rings. The van der Waals surface area contributed by atoms with Crippen molar-refractivity contribution in [3.05, 3.63) is 46.7 Å². The highest BCUT2D eigenvalue weighted by Crippen LogP contribution is 2.24. The van der Waals surface area contributed by atoms with Crippen molar-refractivity contribution >= 4 is 21.8 Å². The van der Waals surface area contributed by atoms with Gasteiger partial charge in [-0.1, -0.05) is 12.1 Å². The Labute approximate surface area is 119 Å². The van der Waals surface area contributed by atoms with Crippen LogP contribution in [0.5, 0.6) is 5.75 Å². The molecule has 1 amide bonds.